The number of hydrogen-bond donors (Lipinski definition) is 1. The Hall–Kier alpha value is -2.54. The van der Waals surface area contributed by atoms with Crippen LogP contribution in [-0.4, -0.2) is 36.1 Å². The predicted molar refractivity (Wildman–Crippen MR) is 132 cm³/mol. The molecule has 1 aromatic carbocycles. The van der Waals surface area contributed by atoms with Crippen LogP contribution in [-0.2, 0) is 12.1 Å². The lowest BCUT2D eigenvalue weighted by molar-refractivity contribution is 0.0802. The van der Waals surface area contributed by atoms with Gasteiger partial charge in [0, 0.05) is 29.1 Å². The van der Waals surface area contributed by atoms with Gasteiger partial charge in [-0.15, -0.1) is 5.10 Å². The highest BCUT2D eigenvalue weighted by Crippen LogP contribution is 2.37. The summed E-state index contributed by atoms with van der Waals surface area (Å²) in [6, 6.07) is 6.76. The number of rotatable bonds is 6. The second-order valence-corrected chi connectivity index (χ2v) is 11.1. The second kappa shape index (κ2) is 9.01. The Morgan fingerprint density at radius 3 is 2.48 bits per heavy atom. The van der Waals surface area contributed by atoms with Gasteiger partial charge in [-0.1, -0.05) is 32.8 Å². The number of aryl methyl sites for hydroxylation is 2. The number of tetrazole rings is 1. The van der Waals surface area contributed by atoms with Crippen LogP contribution in [0.5, 0.6) is 0 Å². The number of pyridine rings is 1. The Kier molecular flexibility index (Phi) is 6.45. The Morgan fingerprint density at radius 1 is 1.15 bits per heavy atom. The molecule has 178 valence electrons. The van der Waals surface area contributed by atoms with Gasteiger partial charge in [0.15, 0.2) is 5.82 Å². The number of benzene rings is 1. The van der Waals surface area contributed by atoms with Crippen molar-refractivity contribution in [3.8, 4) is 0 Å². The first-order valence-electron chi connectivity index (χ1n) is 12.2. The van der Waals surface area contributed by atoms with Gasteiger partial charge in [0.05, 0.1) is 11.6 Å². The number of aromatic amines is 1. The minimum atomic E-state index is -0.220. The molecule has 2 aromatic heterocycles. The molecule has 1 saturated carbocycles. The molecule has 1 fully saturated rings. The van der Waals surface area contributed by atoms with E-state index in [0.717, 1.165) is 40.7 Å². The van der Waals surface area contributed by atoms with E-state index in [-0.39, 0.29) is 17.1 Å². The zero-order chi connectivity index (χ0) is 23.9. The van der Waals surface area contributed by atoms with Gasteiger partial charge < -0.3 is 4.98 Å². The zero-order valence-corrected chi connectivity index (χ0v) is 21.1. The SMILES string of the molecule is Cc1cc(C)c2cc(CN(C3CCCC3)[C@@H](c3nnnn3C(C)(C)C)C(C)C)c(=O)[nH]c2c1. The van der Waals surface area contributed by atoms with Crippen LogP contribution in [0.3, 0.4) is 0 Å². The molecule has 0 unspecified atom stereocenters. The molecule has 4 rings (SSSR count). The van der Waals surface area contributed by atoms with Gasteiger partial charge in [0.2, 0.25) is 0 Å². The third-order valence-corrected chi connectivity index (χ3v) is 6.92. The van der Waals surface area contributed by atoms with Crippen molar-refractivity contribution in [1.82, 2.24) is 30.1 Å². The van der Waals surface area contributed by atoms with Gasteiger partial charge in [-0.2, -0.15) is 0 Å². The monoisotopic (exact) mass is 450 g/mol. The summed E-state index contributed by atoms with van der Waals surface area (Å²) in [6.07, 6.45) is 4.74. The fourth-order valence-corrected chi connectivity index (χ4v) is 5.41. The van der Waals surface area contributed by atoms with E-state index in [1.54, 1.807) is 0 Å². The molecule has 0 saturated heterocycles. The summed E-state index contributed by atoms with van der Waals surface area (Å²) in [5.41, 5.74) is 3.83. The van der Waals surface area contributed by atoms with Crippen molar-refractivity contribution in [2.75, 3.05) is 0 Å². The fraction of sp³-hybridized carbons (Fsp3) is 0.615. The topological polar surface area (TPSA) is 79.7 Å². The lowest BCUT2D eigenvalue weighted by atomic mass is 9.96. The van der Waals surface area contributed by atoms with Crippen molar-refractivity contribution in [2.24, 2.45) is 5.92 Å². The molecule has 0 radical (unpaired) electrons. The van der Waals surface area contributed by atoms with Gasteiger partial charge >= 0.3 is 0 Å². The molecular weight excluding hydrogens is 412 g/mol. The average Bonchev–Trinajstić information content (AvgIpc) is 3.39. The minimum Gasteiger partial charge on any atom is -0.322 e. The predicted octanol–water partition coefficient (Wildman–Crippen LogP) is 5.03. The summed E-state index contributed by atoms with van der Waals surface area (Å²) in [4.78, 5) is 18.8. The summed E-state index contributed by atoms with van der Waals surface area (Å²) in [6.45, 7) is 15.6. The van der Waals surface area contributed by atoms with Crippen molar-refractivity contribution >= 4 is 10.9 Å². The largest absolute Gasteiger partial charge is 0.322 e. The molecule has 1 N–H and O–H groups in total. The number of H-pyrrole nitrogens is 1. The van der Waals surface area contributed by atoms with Crippen molar-refractivity contribution in [1.29, 1.82) is 0 Å². The Bertz CT molecular complexity index is 1180. The Balaban J connectivity index is 1.81. The van der Waals surface area contributed by atoms with Crippen molar-refractivity contribution < 1.29 is 0 Å². The van der Waals surface area contributed by atoms with Gasteiger partial charge in [-0.25, -0.2) is 4.68 Å². The van der Waals surface area contributed by atoms with E-state index < -0.39 is 0 Å². The average molecular weight is 451 g/mol. The normalized spacial score (nSPS) is 16.4. The van der Waals surface area contributed by atoms with E-state index in [0.29, 0.717) is 18.5 Å². The first kappa shape index (κ1) is 23.6. The van der Waals surface area contributed by atoms with Crippen molar-refractivity contribution in [3.05, 3.63) is 51.1 Å². The third kappa shape index (κ3) is 4.74. The summed E-state index contributed by atoms with van der Waals surface area (Å²) in [5, 5.41) is 14.0. The summed E-state index contributed by atoms with van der Waals surface area (Å²) in [5.74, 6) is 1.18. The number of nitrogens with zero attached hydrogens (tertiary/aromatic N) is 5. The smallest absolute Gasteiger partial charge is 0.252 e. The molecule has 0 spiro atoms. The van der Waals surface area contributed by atoms with Crippen LogP contribution in [0.15, 0.2) is 23.0 Å². The molecule has 2 heterocycles. The van der Waals surface area contributed by atoms with Gasteiger partial charge in [0.25, 0.3) is 5.56 Å². The maximum absolute atomic E-state index is 13.2. The van der Waals surface area contributed by atoms with Gasteiger partial charge in [-0.3, -0.25) is 9.69 Å². The highest BCUT2D eigenvalue weighted by molar-refractivity contribution is 5.83. The lowest BCUT2D eigenvalue weighted by Crippen LogP contribution is -2.42. The molecule has 1 atom stereocenters. The summed E-state index contributed by atoms with van der Waals surface area (Å²) < 4.78 is 1.96. The van der Waals surface area contributed by atoms with Crippen molar-refractivity contribution in [3.63, 3.8) is 0 Å². The highest BCUT2D eigenvalue weighted by Gasteiger charge is 2.37. The van der Waals surface area contributed by atoms with Crippen LogP contribution < -0.4 is 5.56 Å². The molecule has 7 heteroatoms. The maximum Gasteiger partial charge on any atom is 0.252 e. The van der Waals surface area contributed by atoms with E-state index in [1.807, 2.05) is 4.68 Å². The summed E-state index contributed by atoms with van der Waals surface area (Å²) >= 11 is 0. The standard InChI is InChI=1S/C26H38N6O/c1-16(2)23(24-28-29-30-32(24)26(5,6)7)31(20-10-8-9-11-20)15-19-14-21-18(4)12-17(3)13-22(21)27-25(19)33/h12-14,16,20,23H,8-11,15H2,1-7H3,(H,27,33)/t23-/m1/s1. The van der Waals surface area contributed by atoms with E-state index >= 15 is 0 Å². The van der Waals surface area contributed by atoms with E-state index in [2.05, 4.69) is 92.1 Å². The van der Waals surface area contributed by atoms with Gasteiger partial charge in [-0.05, 0) is 87.1 Å². The van der Waals surface area contributed by atoms with Crippen LogP contribution in [0, 0.1) is 19.8 Å². The molecule has 33 heavy (non-hydrogen) atoms. The third-order valence-electron chi connectivity index (χ3n) is 6.92. The Labute approximate surface area is 196 Å². The first-order valence-corrected chi connectivity index (χ1v) is 12.2. The van der Waals surface area contributed by atoms with Crippen LogP contribution >= 0.6 is 0 Å². The molecular formula is C26H38N6O. The number of hydrogen-bond acceptors (Lipinski definition) is 5. The molecule has 0 aliphatic heterocycles. The molecule has 3 aromatic rings. The molecule has 0 bridgehead atoms. The lowest BCUT2D eigenvalue weighted by Gasteiger charge is -2.39. The van der Waals surface area contributed by atoms with Crippen molar-refractivity contribution in [2.45, 2.75) is 98.3 Å². The van der Waals surface area contributed by atoms with Crippen LogP contribution in [0.4, 0.5) is 0 Å². The Morgan fingerprint density at radius 2 is 1.85 bits per heavy atom. The van der Waals surface area contributed by atoms with Gasteiger partial charge in [0.1, 0.15) is 0 Å². The number of fused-ring (bicyclic) bond motifs is 1. The second-order valence-electron chi connectivity index (χ2n) is 11.1. The number of nitrogens with one attached hydrogen (secondary N) is 1. The molecule has 1 aliphatic rings. The van der Waals surface area contributed by atoms with Crippen LogP contribution in [0.1, 0.15) is 88.9 Å². The number of aromatic nitrogens is 5. The molecule has 1 aliphatic carbocycles. The fourth-order valence-electron chi connectivity index (χ4n) is 5.41. The first-order chi connectivity index (χ1) is 15.6. The summed E-state index contributed by atoms with van der Waals surface area (Å²) in [7, 11) is 0. The maximum atomic E-state index is 13.2. The van der Waals surface area contributed by atoms with Crippen LogP contribution in [0.2, 0.25) is 0 Å². The minimum absolute atomic E-state index is 0.00610. The molecule has 7 nitrogen and oxygen atoms in total. The quantitative estimate of drug-likeness (QED) is 0.570. The van der Waals surface area contributed by atoms with E-state index in [4.69, 9.17) is 0 Å². The van der Waals surface area contributed by atoms with E-state index in [9.17, 15) is 4.79 Å². The zero-order valence-electron chi connectivity index (χ0n) is 21.1. The molecule has 0 amide bonds. The van der Waals surface area contributed by atoms with Crippen LogP contribution in [0.25, 0.3) is 10.9 Å². The van der Waals surface area contributed by atoms with E-state index in [1.165, 1.54) is 18.4 Å². The highest BCUT2D eigenvalue weighted by atomic mass is 16.1.